The molecule has 1 fully saturated rings. The number of pyridine rings is 1. The molecule has 1 aliphatic rings. The van der Waals surface area contributed by atoms with Crippen LogP contribution < -0.4 is 4.90 Å². The van der Waals surface area contributed by atoms with Crippen LogP contribution in [0.4, 0.5) is 5.69 Å². The first-order valence-corrected chi connectivity index (χ1v) is 8.02. The van der Waals surface area contributed by atoms with Gasteiger partial charge >= 0.3 is 5.97 Å². The van der Waals surface area contributed by atoms with Gasteiger partial charge in [-0.25, -0.2) is 9.78 Å². The predicted octanol–water partition coefficient (Wildman–Crippen LogP) is 3.26. The first kappa shape index (κ1) is 14.2. The van der Waals surface area contributed by atoms with E-state index in [0.29, 0.717) is 10.5 Å². The monoisotopic (exact) mass is 302 g/mol. The second kappa shape index (κ2) is 5.56. The number of carboxylic acid groups (broad SMARTS) is 1. The van der Waals surface area contributed by atoms with Gasteiger partial charge in [-0.1, -0.05) is 32.0 Å². The normalized spacial score (nSPS) is 22.5. The van der Waals surface area contributed by atoms with E-state index >= 15 is 0 Å². The van der Waals surface area contributed by atoms with Crippen LogP contribution in [0.5, 0.6) is 0 Å². The lowest BCUT2D eigenvalue weighted by molar-refractivity contribution is 0.0691. The van der Waals surface area contributed by atoms with Crippen LogP contribution in [0.3, 0.4) is 0 Å². The topological polar surface area (TPSA) is 53.4 Å². The maximum absolute atomic E-state index is 11.3. The van der Waals surface area contributed by atoms with Crippen molar-refractivity contribution < 1.29 is 9.90 Å². The van der Waals surface area contributed by atoms with Crippen molar-refractivity contribution >= 4 is 34.3 Å². The number of carbonyl (C=O) groups is 1. The van der Waals surface area contributed by atoms with Gasteiger partial charge in [0, 0.05) is 34.7 Å². The van der Waals surface area contributed by atoms with Crippen molar-refractivity contribution in [2.75, 3.05) is 18.0 Å². The highest BCUT2D eigenvalue weighted by Crippen LogP contribution is 2.33. The Morgan fingerprint density at radius 1 is 1.29 bits per heavy atom. The number of anilines is 1. The molecule has 1 aromatic heterocycles. The number of aromatic carboxylic acids is 1. The van der Waals surface area contributed by atoms with Gasteiger partial charge in [0.2, 0.25) is 0 Å². The third kappa shape index (κ3) is 2.83. The summed E-state index contributed by atoms with van der Waals surface area (Å²) in [5.41, 5.74) is 1.84. The van der Waals surface area contributed by atoms with Crippen LogP contribution in [0.15, 0.2) is 30.3 Å². The number of nitrogens with zero attached hydrogens (tertiary/aromatic N) is 2. The first-order chi connectivity index (χ1) is 10.0. The highest BCUT2D eigenvalue weighted by atomic mass is 32.2. The molecular formula is C16H18N2O2S. The van der Waals surface area contributed by atoms with Gasteiger partial charge in [0.1, 0.15) is 0 Å². The second-order valence-corrected chi connectivity index (χ2v) is 7.39. The zero-order chi connectivity index (χ0) is 15.0. The molecule has 21 heavy (non-hydrogen) atoms. The number of thioether (sulfide) groups is 1. The van der Waals surface area contributed by atoms with Gasteiger partial charge in [-0.15, -0.1) is 0 Å². The molecule has 1 saturated heterocycles. The number of hydrogen-bond acceptors (Lipinski definition) is 4. The summed E-state index contributed by atoms with van der Waals surface area (Å²) < 4.78 is 0. The fourth-order valence-corrected chi connectivity index (χ4v) is 4.23. The molecule has 2 atom stereocenters. The minimum Gasteiger partial charge on any atom is -0.477 e. The van der Waals surface area contributed by atoms with Gasteiger partial charge in [0.05, 0.1) is 5.52 Å². The number of fused-ring (bicyclic) bond motifs is 1. The molecule has 0 spiro atoms. The second-order valence-electron chi connectivity index (χ2n) is 5.51. The lowest BCUT2D eigenvalue weighted by Gasteiger charge is -2.36. The molecule has 2 heterocycles. The van der Waals surface area contributed by atoms with Crippen molar-refractivity contribution in [1.82, 2.24) is 4.98 Å². The summed E-state index contributed by atoms with van der Waals surface area (Å²) in [6, 6.07) is 9.46. The number of hydrogen-bond donors (Lipinski definition) is 1. The standard InChI is InChI=1S/C16H18N2O2S/c1-10-8-18(9-11(2)21-10)15-7-14(16(19)20)17-13-6-4-3-5-12(13)15/h3-7,10-11H,8-9H2,1-2H3,(H,19,20). The SMILES string of the molecule is CC1CN(c2cc(C(=O)O)nc3ccccc23)CC(C)S1. The summed E-state index contributed by atoms with van der Waals surface area (Å²) in [5.74, 6) is -0.977. The highest BCUT2D eigenvalue weighted by Gasteiger charge is 2.24. The Kier molecular flexibility index (Phi) is 3.76. The zero-order valence-corrected chi connectivity index (χ0v) is 12.9. The number of carboxylic acids is 1. The van der Waals surface area contributed by atoms with E-state index < -0.39 is 5.97 Å². The van der Waals surface area contributed by atoms with Crippen LogP contribution in [-0.4, -0.2) is 39.6 Å². The van der Waals surface area contributed by atoms with E-state index in [2.05, 4.69) is 23.7 Å². The molecule has 1 aromatic carbocycles. The van der Waals surface area contributed by atoms with Crippen LogP contribution in [0.1, 0.15) is 24.3 Å². The molecule has 2 aromatic rings. The van der Waals surface area contributed by atoms with E-state index in [0.717, 1.165) is 29.7 Å². The molecule has 1 aliphatic heterocycles. The number of para-hydroxylation sites is 1. The summed E-state index contributed by atoms with van der Waals surface area (Å²) in [6.45, 7) is 6.30. The maximum atomic E-state index is 11.3. The molecule has 3 rings (SSSR count). The van der Waals surface area contributed by atoms with E-state index in [1.165, 1.54) is 0 Å². The van der Waals surface area contributed by atoms with E-state index in [1.807, 2.05) is 36.0 Å². The molecule has 0 saturated carbocycles. The third-order valence-electron chi connectivity index (χ3n) is 3.67. The van der Waals surface area contributed by atoms with Gasteiger partial charge in [-0.2, -0.15) is 11.8 Å². The lowest BCUT2D eigenvalue weighted by atomic mass is 10.1. The summed E-state index contributed by atoms with van der Waals surface area (Å²) >= 11 is 1.98. The molecule has 0 aliphatic carbocycles. The molecule has 0 amide bonds. The third-order valence-corrected chi connectivity index (χ3v) is 4.90. The average molecular weight is 302 g/mol. The summed E-state index contributed by atoms with van der Waals surface area (Å²) in [6.07, 6.45) is 0. The molecular weight excluding hydrogens is 284 g/mol. The van der Waals surface area contributed by atoms with Crippen LogP contribution in [-0.2, 0) is 0 Å². The molecule has 5 heteroatoms. The Bertz CT molecular complexity index is 679. The molecule has 1 N–H and O–H groups in total. The Labute approximate surface area is 128 Å². The van der Waals surface area contributed by atoms with Gasteiger partial charge < -0.3 is 10.0 Å². The Morgan fingerprint density at radius 3 is 2.62 bits per heavy atom. The maximum Gasteiger partial charge on any atom is 0.354 e. The first-order valence-electron chi connectivity index (χ1n) is 7.08. The van der Waals surface area contributed by atoms with Crippen molar-refractivity contribution in [2.45, 2.75) is 24.3 Å². The fourth-order valence-electron chi connectivity index (χ4n) is 2.90. The molecule has 0 bridgehead atoms. The summed E-state index contributed by atoms with van der Waals surface area (Å²) in [4.78, 5) is 17.9. The lowest BCUT2D eigenvalue weighted by Crippen LogP contribution is -2.40. The van der Waals surface area contributed by atoms with Crippen molar-refractivity contribution in [2.24, 2.45) is 0 Å². The van der Waals surface area contributed by atoms with E-state index in [9.17, 15) is 9.90 Å². The minimum atomic E-state index is -0.977. The predicted molar refractivity (Wildman–Crippen MR) is 87.4 cm³/mol. The van der Waals surface area contributed by atoms with Crippen LogP contribution >= 0.6 is 11.8 Å². The number of benzene rings is 1. The van der Waals surface area contributed by atoms with Gasteiger partial charge in [0.25, 0.3) is 0 Å². The summed E-state index contributed by atoms with van der Waals surface area (Å²) in [5, 5.41) is 11.4. The Hall–Kier alpha value is -1.75. The molecule has 110 valence electrons. The quantitative estimate of drug-likeness (QED) is 0.922. The van der Waals surface area contributed by atoms with Crippen molar-refractivity contribution in [3.8, 4) is 0 Å². The van der Waals surface area contributed by atoms with Crippen molar-refractivity contribution in [3.63, 3.8) is 0 Å². The van der Waals surface area contributed by atoms with Crippen molar-refractivity contribution in [1.29, 1.82) is 0 Å². The zero-order valence-electron chi connectivity index (χ0n) is 12.1. The van der Waals surface area contributed by atoms with Gasteiger partial charge in [-0.3, -0.25) is 0 Å². The average Bonchev–Trinajstić information content (AvgIpc) is 2.45. The van der Waals surface area contributed by atoms with E-state index in [-0.39, 0.29) is 5.69 Å². The van der Waals surface area contributed by atoms with E-state index in [1.54, 1.807) is 6.07 Å². The van der Waals surface area contributed by atoms with Gasteiger partial charge in [-0.05, 0) is 12.1 Å². The highest BCUT2D eigenvalue weighted by molar-refractivity contribution is 8.00. The molecule has 2 unspecified atom stereocenters. The molecule has 0 radical (unpaired) electrons. The molecule has 4 nitrogen and oxygen atoms in total. The number of aromatic nitrogens is 1. The Morgan fingerprint density at radius 2 is 1.95 bits per heavy atom. The van der Waals surface area contributed by atoms with Crippen molar-refractivity contribution in [3.05, 3.63) is 36.0 Å². The van der Waals surface area contributed by atoms with Crippen LogP contribution in [0, 0.1) is 0 Å². The Balaban J connectivity index is 2.13. The van der Waals surface area contributed by atoms with Crippen LogP contribution in [0.2, 0.25) is 0 Å². The number of rotatable bonds is 2. The fraction of sp³-hybridized carbons (Fsp3) is 0.375. The largest absolute Gasteiger partial charge is 0.477 e. The minimum absolute atomic E-state index is 0.113. The summed E-state index contributed by atoms with van der Waals surface area (Å²) in [7, 11) is 0. The smallest absolute Gasteiger partial charge is 0.354 e. The van der Waals surface area contributed by atoms with Crippen LogP contribution in [0.25, 0.3) is 10.9 Å². The van der Waals surface area contributed by atoms with E-state index in [4.69, 9.17) is 0 Å². The van der Waals surface area contributed by atoms with Gasteiger partial charge in [0.15, 0.2) is 5.69 Å².